The predicted molar refractivity (Wildman–Crippen MR) is 116 cm³/mol. The molecule has 2 aromatic rings. The molecule has 1 heterocycles. The number of carbonyl (C=O) groups is 1. The molecule has 1 fully saturated rings. The minimum atomic E-state index is -0.216. The first-order chi connectivity index (χ1) is 14.6. The van der Waals surface area contributed by atoms with Crippen LogP contribution in [-0.4, -0.2) is 56.8 Å². The van der Waals surface area contributed by atoms with Crippen molar-refractivity contribution in [2.45, 2.75) is 18.9 Å². The molecule has 1 saturated heterocycles. The summed E-state index contributed by atoms with van der Waals surface area (Å²) in [6.07, 6.45) is 6.16. The Hall–Kier alpha value is -2.70. The summed E-state index contributed by atoms with van der Waals surface area (Å²) in [5.74, 6) is 0.385. The summed E-state index contributed by atoms with van der Waals surface area (Å²) < 4.78 is 24.0. The average Bonchev–Trinajstić information content (AvgIpc) is 2.77. The number of benzene rings is 2. The summed E-state index contributed by atoms with van der Waals surface area (Å²) in [4.78, 5) is 14.5. The van der Waals surface area contributed by atoms with Gasteiger partial charge in [-0.05, 0) is 48.7 Å². The molecule has 1 amide bonds. The second-order valence-corrected chi connectivity index (χ2v) is 7.35. The van der Waals surface area contributed by atoms with Crippen LogP contribution in [0.3, 0.4) is 0 Å². The maximum absolute atomic E-state index is 12.9. The fourth-order valence-corrected chi connectivity index (χ4v) is 3.39. The van der Waals surface area contributed by atoms with E-state index in [-0.39, 0.29) is 17.8 Å². The van der Waals surface area contributed by atoms with Crippen molar-refractivity contribution in [3.63, 3.8) is 0 Å². The van der Waals surface area contributed by atoms with E-state index >= 15 is 0 Å². The SMILES string of the molecule is COCCNC(=O)c1cccc(OC2CCN(CC=Cc3ccc(F)cc3)CC2)c1. The zero-order valence-corrected chi connectivity index (χ0v) is 17.4. The molecule has 0 unspecified atom stereocenters. The Morgan fingerprint density at radius 1 is 1.20 bits per heavy atom. The summed E-state index contributed by atoms with van der Waals surface area (Å²) in [5.41, 5.74) is 1.59. The van der Waals surface area contributed by atoms with Crippen LogP contribution in [0, 0.1) is 5.82 Å². The molecule has 2 aromatic carbocycles. The number of nitrogens with one attached hydrogen (secondary N) is 1. The number of rotatable bonds is 9. The molecule has 0 spiro atoms. The largest absolute Gasteiger partial charge is 0.490 e. The van der Waals surface area contributed by atoms with Crippen LogP contribution < -0.4 is 10.1 Å². The molecule has 0 radical (unpaired) electrons. The third kappa shape index (κ3) is 6.97. The highest BCUT2D eigenvalue weighted by molar-refractivity contribution is 5.94. The van der Waals surface area contributed by atoms with Crippen molar-refractivity contribution in [3.8, 4) is 5.75 Å². The summed E-state index contributed by atoms with van der Waals surface area (Å²) >= 11 is 0. The van der Waals surface area contributed by atoms with Gasteiger partial charge in [0.1, 0.15) is 17.7 Å². The highest BCUT2D eigenvalue weighted by Crippen LogP contribution is 2.20. The number of likely N-dealkylation sites (tertiary alicyclic amines) is 1. The Morgan fingerprint density at radius 3 is 2.70 bits per heavy atom. The standard InChI is InChI=1S/C24H29FN2O3/c1-29-17-13-26-24(28)20-5-2-6-23(18-20)30-22-11-15-27(16-12-22)14-3-4-19-7-9-21(25)10-8-19/h2-10,18,22H,11-17H2,1H3,(H,26,28). The van der Waals surface area contributed by atoms with Gasteiger partial charge in [0.2, 0.25) is 0 Å². The van der Waals surface area contributed by atoms with Gasteiger partial charge in [-0.25, -0.2) is 4.39 Å². The maximum Gasteiger partial charge on any atom is 0.251 e. The van der Waals surface area contributed by atoms with Gasteiger partial charge in [-0.15, -0.1) is 0 Å². The molecule has 1 aliphatic heterocycles. The van der Waals surface area contributed by atoms with Gasteiger partial charge in [-0.3, -0.25) is 9.69 Å². The number of amides is 1. The van der Waals surface area contributed by atoms with Gasteiger partial charge in [0.15, 0.2) is 0 Å². The van der Waals surface area contributed by atoms with Crippen LogP contribution >= 0.6 is 0 Å². The van der Waals surface area contributed by atoms with Gasteiger partial charge < -0.3 is 14.8 Å². The van der Waals surface area contributed by atoms with Crippen LogP contribution in [0.1, 0.15) is 28.8 Å². The van der Waals surface area contributed by atoms with E-state index in [1.807, 2.05) is 18.2 Å². The first-order valence-corrected chi connectivity index (χ1v) is 10.3. The highest BCUT2D eigenvalue weighted by atomic mass is 19.1. The zero-order chi connectivity index (χ0) is 21.2. The first-order valence-electron chi connectivity index (χ1n) is 10.3. The lowest BCUT2D eigenvalue weighted by Gasteiger charge is -2.31. The molecule has 1 N–H and O–H groups in total. The van der Waals surface area contributed by atoms with Crippen molar-refractivity contribution >= 4 is 12.0 Å². The van der Waals surface area contributed by atoms with Crippen LogP contribution in [-0.2, 0) is 4.74 Å². The molecular weight excluding hydrogens is 383 g/mol. The molecule has 3 rings (SSSR count). The number of methoxy groups -OCH3 is 1. The third-order valence-corrected chi connectivity index (χ3v) is 5.07. The van der Waals surface area contributed by atoms with Crippen molar-refractivity contribution in [1.29, 1.82) is 0 Å². The lowest BCUT2D eigenvalue weighted by atomic mass is 10.1. The summed E-state index contributed by atoms with van der Waals surface area (Å²) in [6, 6.07) is 13.8. The minimum Gasteiger partial charge on any atom is -0.490 e. The Morgan fingerprint density at radius 2 is 1.97 bits per heavy atom. The predicted octanol–water partition coefficient (Wildman–Crippen LogP) is 3.76. The van der Waals surface area contributed by atoms with Gasteiger partial charge in [0, 0.05) is 38.9 Å². The quantitative estimate of drug-likeness (QED) is 0.637. The van der Waals surface area contributed by atoms with E-state index in [9.17, 15) is 9.18 Å². The van der Waals surface area contributed by atoms with Crippen LogP contribution in [0.2, 0.25) is 0 Å². The van der Waals surface area contributed by atoms with Crippen molar-refractivity contribution in [3.05, 3.63) is 71.6 Å². The van der Waals surface area contributed by atoms with Crippen molar-refractivity contribution in [1.82, 2.24) is 10.2 Å². The fourth-order valence-electron chi connectivity index (χ4n) is 3.39. The molecule has 0 atom stereocenters. The first kappa shape index (κ1) is 22.0. The van der Waals surface area contributed by atoms with Gasteiger partial charge in [0.05, 0.1) is 6.61 Å². The van der Waals surface area contributed by atoms with Gasteiger partial charge >= 0.3 is 0 Å². The van der Waals surface area contributed by atoms with Crippen LogP contribution in [0.5, 0.6) is 5.75 Å². The normalized spacial score (nSPS) is 15.4. The van der Waals surface area contributed by atoms with E-state index in [0.29, 0.717) is 18.7 Å². The molecule has 0 bridgehead atoms. The molecule has 160 valence electrons. The van der Waals surface area contributed by atoms with Gasteiger partial charge in [-0.2, -0.15) is 0 Å². The number of carbonyl (C=O) groups excluding carboxylic acids is 1. The van der Waals surface area contributed by atoms with Crippen molar-refractivity contribution in [2.75, 3.05) is 39.9 Å². The molecule has 6 heteroatoms. The van der Waals surface area contributed by atoms with Crippen LogP contribution in [0.4, 0.5) is 4.39 Å². The Kier molecular flexibility index (Phi) is 8.41. The van der Waals surface area contributed by atoms with Crippen LogP contribution in [0.25, 0.3) is 6.08 Å². The number of nitrogens with zero attached hydrogens (tertiary/aromatic N) is 1. The number of halogens is 1. The fraction of sp³-hybridized carbons (Fsp3) is 0.375. The molecule has 5 nitrogen and oxygen atoms in total. The van der Waals surface area contributed by atoms with E-state index in [1.165, 1.54) is 12.1 Å². The van der Waals surface area contributed by atoms with Gasteiger partial charge in [0.25, 0.3) is 5.91 Å². The van der Waals surface area contributed by atoms with E-state index in [4.69, 9.17) is 9.47 Å². The van der Waals surface area contributed by atoms with Gasteiger partial charge in [-0.1, -0.05) is 30.4 Å². The molecule has 30 heavy (non-hydrogen) atoms. The smallest absolute Gasteiger partial charge is 0.251 e. The topological polar surface area (TPSA) is 50.8 Å². The van der Waals surface area contributed by atoms with E-state index in [0.717, 1.165) is 43.8 Å². The summed E-state index contributed by atoms with van der Waals surface area (Å²) in [5, 5.41) is 2.82. The van der Waals surface area contributed by atoms with E-state index < -0.39 is 0 Å². The Labute approximate surface area is 177 Å². The number of hydrogen-bond donors (Lipinski definition) is 1. The maximum atomic E-state index is 12.9. The molecule has 1 aliphatic rings. The molecular formula is C24H29FN2O3. The third-order valence-electron chi connectivity index (χ3n) is 5.07. The number of hydrogen-bond acceptors (Lipinski definition) is 4. The number of piperidine rings is 1. The summed E-state index contributed by atoms with van der Waals surface area (Å²) in [6.45, 7) is 3.74. The lowest BCUT2D eigenvalue weighted by Crippen LogP contribution is -2.38. The van der Waals surface area contributed by atoms with Crippen LogP contribution in [0.15, 0.2) is 54.6 Å². The molecule has 0 aromatic heterocycles. The highest BCUT2D eigenvalue weighted by Gasteiger charge is 2.20. The minimum absolute atomic E-state index is 0.125. The average molecular weight is 413 g/mol. The monoisotopic (exact) mass is 412 g/mol. The van der Waals surface area contributed by atoms with Crippen molar-refractivity contribution < 1.29 is 18.7 Å². The Balaban J connectivity index is 1.42. The number of ether oxygens (including phenoxy) is 2. The zero-order valence-electron chi connectivity index (χ0n) is 17.4. The van der Waals surface area contributed by atoms with E-state index in [2.05, 4.69) is 16.3 Å². The second-order valence-electron chi connectivity index (χ2n) is 7.35. The summed E-state index contributed by atoms with van der Waals surface area (Å²) in [7, 11) is 1.60. The van der Waals surface area contributed by atoms with Crippen molar-refractivity contribution in [2.24, 2.45) is 0 Å². The van der Waals surface area contributed by atoms with E-state index in [1.54, 1.807) is 31.4 Å². The molecule has 0 saturated carbocycles. The lowest BCUT2D eigenvalue weighted by molar-refractivity contribution is 0.0932. The Bertz CT molecular complexity index is 831. The second kappa shape index (κ2) is 11.5. The molecule has 0 aliphatic carbocycles.